The van der Waals surface area contributed by atoms with Crippen LogP contribution < -0.4 is 14.2 Å². The molecule has 124 valence electrons. The Labute approximate surface area is 139 Å². The quantitative estimate of drug-likeness (QED) is 0.606. The Balaban J connectivity index is 1.69. The molecule has 0 unspecified atom stereocenters. The van der Waals surface area contributed by atoms with Crippen LogP contribution in [-0.2, 0) is 0 Å². The van der Waals surface area contributed by atoms with Crippen molar-refractivity contribution in [3.05, 3.63) is 54.1 Å². The Morgan fingerprint density at radius 3 is 2.17 bits per heavy atom. The summed E-state index contributed by atoms with van der Waals surface area (Å²) >= 11 is 0. The lowest BCUT2D eigenvalue weighted by Gasteiger charge is -2.11. The zero-order valence-electron chi connectivity index (χ0n) is 14.2. The second-order valence-electron chi connectivity index (χ2n) is 5.61. The summed E-state index contributed by atoms with van der Waals surface area (Å²) in [7, 11) is 1.65. The van der Waals surface area contributed by atoms with E-state index in [1.54, 1.807) is 7.11 Å². The predicted molar refractivity (Wildman–Crippen MR) is 93.7 cm³/mol. The molecule has 2 aromatic carbocycles. The molecule has 3 nitrogen and oxygen atoms in total. The van der Waals surface area contributed by atoms with Gasteiger partial charge in [-0.05, 0) is 42.2 Å². The molecule has 0 fully saturated rings. The van der Waals surface area contributed by atoms with E-state index in [9.17, 15) is 0 Å². The fourth-order valence-corrected chi connectivity index (χ4v) is 2.26. The van der Waals surface area contributed by atoms with Gasteiger partial charge in [0.05, 0.1) is 20.3 Å². The first kappa shape index (κ1) is 17.2. The lowest BCUT2D eigenvalue weighted by molar-refractivity contribution is 0.247. The average Bonchev–Trinajstić information content (AvgIpc) is 2.61. The third kappa shape index (κ3) is 5.51. The fourth-order valence-electron chi connectivity index (χ4n) is 2.26. The highest BCUT2D eigenvalue weighted by atomic mass is 16.5. The van der Waals surface area contributed by atoms with Crippen molar-refractivity contribution in [3.8, 4) is 17.2 Å². The normalized spacial score (nSPS) is 11.8. The van der Waals surface area contributed by atoms with E-state index >= 15 is 0 Å². The predicted octanol–water partition coefficient (Wildman–Crippen LogP) is 5.06. The summed E-state index contributed by atoms with van der Waals surface area (Å²) in [6.45, 7) is 5.72. The summed E-state index contributed by atoms with van der Waals surface area (Å²) < 4.78 is 16.6. The van der Waals surface area contributed by atoms with Crippen LogP contribution in [0.5, 0.6) is 17.2 Å². The van der Waals surface area contributed by atoms with E-state index in [-0.39, 0.29) is 0 Å². The average molecular weight is 314 g/mol. The molecule has 2 aromatic rings. The molecule has 0 aliphatic heterocycles. The lowest BCUT2D eigenvalue weighted by atomic mass is 9.99. The van der Waals surface area contributed by atoms with E-state index in [4.69, 9.17) is 14.2 Å². The first-order valence-corrected chi connectivity index (χ1v) is 8.22. The van der Waals surface area contributed by atoms with E-state index in [1.807, 2.05) is 36.4 Å². The van der Waals surface area contributed by atoms with Crippen LogP contribution in [0.1, 0.15) is 38.2 Å². The van der Waals surface area contributed by atoms with Gasteiger partial charge in [0.25, 0.3) is 0 Å². The van der Waals surface area contributed by atoms with Crippen molar-refractivity contribution in [1.29, 1.82) is 0 Å². The molecule has 0 aliphatic rings. The molecule has 23 heavy (non-hydrogen) atoms. The highest BCUT2D eigenvalue weighted by Gasteiger charge is 2.03. The molecule has 0 saturated heterocycles. The highest BCUT2D eigenvalue weighted by Crippen LogP contribution is 2.22. The van der Waals surface area contributed by atoms with Crippen molar-refractivity contribution in [3.63, 3.8) is 0 Å². The Bertz CT molecular complexity index is 578. The molecule has 3 heteroatoms. The minimum absolute atomic E-state index is 0.598. The number of methoxy groups -OCH3 is 1. The molecule has 0 bridgehead atoms. The third-order valence-electron chi connectivity index (χ3n) is 3.93. The molecule has 0 aliphatic carbocycles. The van der Waals surface area contributed by atoms with Gasteiger partial charge in [-0.15, -0.1) is 0 Å². The van der Waals surface area contributed by atoms with Crippen LogP contribution in [-0.4, -0.2) is 20.3 Å². The topological polar surface area (TPSA) is 27.7 Å². The number of ether oxygens (including phenoxy) is 3. The van der Waals surface area contributed by atoms with Gasteiger partial charge in [0, 0.05) is 12.5 Å². The number of rotatable bonds is 9. The van der Waals surface area contributed by atoms with Gasteiger partial charge in [0.1, 0.15) is 17.2 Å². The molecule has 2 rings (SSSR count). The second-order valence-corrected chi connectivity index (χ2v) is 5.61. The van der Waals surface area contributed by atoms with Crippen molar-refractivity contribution < 1.29 is 14.2 Å². The van der Waals surface area contributed by atoms with Crippen molar-refractivity contribution in [2.24, 2.45) is 0 Å². The molecular formula is C20H26O3. The summed E-state index contributed by atoms with van der Waals surface area (Å²) in [6.07, 6.45) is 1.99. The van der Waals surface area contributed by atoms with Crippen molar-refractivity contribution in [2.75, 3.05) is 20.3 Å². The van der Waals surface area contributed by atoms with Gasteiger partial charge >= 0.3 is 0 Å². The zero-order valence-corrected chi connectivity index (χ0v) is 14.2. The van der Waals surface area contributed by atoms with E-state index in [0.29, 0.717) is 19.1 Å². The fraction of sp³-hybridized carbons (Fsp3) is 0.400. The van der Waals surface area contributed by atoms with Crippen LogP contribution >= 0.6 is 0 Å². The standard InChI is InChI=1S/C20H26O3/c1-4-16(2)17-9-11-18(12-10-17)22-13-6-14-23-20-8-5-7-19(15-20)21-3/h5,7-12,15-16H,4,6,13-14H2,1-3H3/t16-/m0/s1. The second kappa shape index (κ2) is 9.09. The van der Waals surface area contributed by atoms with Gasteiger partial charge in [0.15, 0.2) is 0 Å². The van der Waals surface area contributed by atoms with Gasteiger partial charge in [-0.2, -0.15) is 0 Å². The third-order valence-corrected chi connectivity index (χ3v) is 3.93. The molecule has 0 aromatic heterocycles. The maximum Gasteiger partial charge on any atom is 0.122 e. The summed E-state index contributed by atoms with van der Waals surface area (Å²) in [5.74, 6) is 3.14. The monoisotopic (exact) mass is 314 g/mol. The maximum absolute atomic E-state index is 5.75. The Morgan fingerprint density at radius 2 is 1.52 bits per heavy atom. The van der Waals surface area contributed by atoms with Gasteiger partial charge in [0.2, 0.25) is 0 Å². The SMILES string of the molecule is CC[C@H](C)c1ccc(OCCCOc2cccc(OC)c2)cc1. The maximum atomic E-state index is 5.75. The summed E-state index contributed by atoms with van der Waals surface area (Å²) in [5.41, 5.74) is 1.36. The molecular weight excluding hydrogens is 288 g/mol. The zero-order chi connectivity index (χ0) is 16.5. The van der Waals surface area contributed by atoms with Crippen LogP contribution in [0.2, 0.25) is 0 Å². The summed E-state index contributed by atoms with van der Waals surface area (Å²) in [6, 6.07) is 16.0. The van der Waals surface area contributed by atoms with Crippen LogP contribution in [0.4, 0.5) is 0 Å². The van der Waals surface area contributed by atoms with E-state index in [2.05, 4.69) is 26.0 Å². The molecule has 0 saturated carbocycles. The highest BCUT2D eigenvalue weighted by molar-refractivity contribution is 5.32. The van der Waals surface area contributed by atoms with Crippen LogP contribution in [0.15, 0.2) is 48.5 Å². The van der Waals surface area contributed by atoms with Crippen LogP contribution in [0.3, 0.4) is 0 Å². The largest absolute Gasteiger partial charge is 0.497 e. The van der Waals surface area contributed by atoms with Crippen molar-refractivity contribution >= 4 is 0 Å². The van der Waals surface area contributed by atoms with Crippen molar-refractivity contribution in [1.82, 2.24) is 0 Å². The number of benzene rings is 2. The van der Waals surface area contributed by atoms with Crippen LogP contribution in [0.25, 0.3) is 0 Å². The number of hydrogen-bond donors (Lipinski definition) is 0. The van der Waals surface area contributed by atoms with E-state index in [1.165, 1.54) is 5.56 Å². The summed E-state index contributed by atoms with van der Waals surface area (Å²) in [4.78, 5) is 0. The van der Waals surface area contributed by atoms with E-state index < -0.39 is 0 Å². The minimum Gasteiger partial charge on any atom is -0.497 e. The summed E-state index contributed by atoms with van der Waals surface area (Å²) in [5, 5.41) is 0. The molecule has 0 heterocycles. The lowest BCUT2D eigenvalue weighted by Crippen LogP contribution is -2.05. The van der Waals surface area contributed by atoms with Gasteiger partial charge in [-0.1, -0.05) is 32.0 Å². The smallest absolute Gasteiger partial charge is 0.122 e. The molecule has 1 atom stereocenters. The van der Waals surface area contributed by atoms with Gasteiger partial charge in [-0.3, -0.25) is 0 Å². The molecule has 0 spiro atoms. The first-order chi connectivity index (χ1) is 11.2. The first-order valence-electron chi connectivity index (χ1n) is 8.22. The van der Waals surface area contributed by atoms with Gasteiger partial charge < -0.3 is 14.2 Å². The Hall–Kier alpha value is -2.16. The molecule has 0 radical (unpaired) electrons. The van der Waals surface area contributed by atoms with Gasteiger partial charge in [-0.25, -0.2) is 0 Å². The number of hydrogen-bond acceptors (Lipinski definition) is 3. The molecule has 0 amide bonds. The Kier molecular flexibility index (Phi) is 6.79. The van der Waals surface area contributed by atoms with E-state index in [0.717, 1.165) is 30.1 Å². The van der Waals surface area contributed by atoms with Crippen molar-refractivity contribution in [2.45, 2.75) is 32.6 Å². The minimum atomic E-state index is 0.598. The van der Waals surface area contributed by atoms with Crippen LogP contribution in [0, 0.1) is 0 Å². The Morgan fingerprint density at radius 1 is 0.870 bits per heavy atom. The molecule has 0 N–H and O–H groups in total.